The van der Waals surface area contributed by atoms with Crippen molar-refractivity contribution in [3.63, 3.8) is 0 Å². The third kappa shape index (κ3) is 5.63. The summed E-state index contributed by atoms with van der Waals surface area (Å²) in [7, 11) is 1.61. The first-order chi connectivity index (χ1) is 11.2. The number of methoxy groups -OCH3 is 1. The van der Waals surface area contributed by atoms with Crippen LogP contribution in [0.2, 0.25) is 0 Å². The number of hydrogen-bond acceptors (Lipinski definition) is 4. The van der Waals surface area contributed by atoms with Gasteiger partial charge in [0, 0.05) is 45.1 Å². The number of rotatable bonds is 8. The molecule has 6 heteroatoms. The lowest BCUT2D eigenvalue weighted by molar-refractivity contribution is -0.138. The van der Waals surface area contributed by atoms with Gasteiger partial charge < -0.3 is 15.0 Å². The quantitative estimate of drug-likeness (QED) is 0.726. The van der Waals surface area contributed by atoms with Crippen LogP contribution >= 0.6 is 0 Å². The molecule has 0 bridgehead atoms. The molecule has 126 valence electrons. The zero-order valence-electron chi connectivity index (χ0n) is 13.7. The third-order valence-electron chi connectivity index (χ3n) is 4.07. The second-order valence-corrected chi connectivity index (χ2v) is 5.78. The van der Waals surface area contributed by atoms with Crippen molar-refractivity contribution < 1.29 is 14.3 Å². The summed E-state index contributed by atoms with van der Waals surface area (Å²) >= 11 is 0. The monoisotopic (exact) mass is 319 g/mol. The number of amides is 2. The largest absolute Gasteiger partial charge is 0.383 e. The molecule has 0 aliphatic carbocycles. The van der Waals surface area contributed by atoms with E-state index in [-0.39, 0.29) is 17.7 Å². The van der Waals surface area contributed by atoms with Crippen molar-refractivity contribution in [2.45, 2.75) is 25.7 Å². The molecule has 1 aromatic rings. The van der Waals surface area contributed by atoms with Crippen molar-refractivity contribution in [3.05, 3.63) is 30.1 Å². The highest BCUT2D eigenvalue weighted by atomic mass is 16.5. The van der Waals surface area contributed by atoms with E-state index >= 15 is 0 Å². The predicted octanol–water partition coefficient (Wildman–Crippen LogP) is 1.02. The van der Waals surface area contributed by atoms with E-state index in [2.05, 4.69) is 10.3 Å². The molecule has 2 amide bonds. The minimum absolute atomic E-state index is 0.0425. The summed E-state index contributed by atoms with van der Waals surface area (Å²) in [5, 5.41) is 2.98. The van der Waals surface area contributed by atoms with E-state index in [4.69, 9.17) is 4.74 Å². The van der Waals surface area contributed by atoms with E-state index in [1.54, 1.807) is 18.2 Å². The zero-order chi connectivity index (χ0) is 16.5. The Bertz CT molecular complexity index is 507. The van der Waals surface area contributed by atoms with E-state index in [1.165, 1.54) is 0 Å². The van der Waals surface area contributed by atoms with Crippen LogP contribution in [-0.4, -0.2) is 55.0 Å². The summed E-state index contributed by atoms with van der Waals surface area (Å²) in [6.07, 6.45) is 4.57. The van der Waals surface area contributed by atoms with Gasteiger partial charge in [0.25, 0.3) is 0 Å². The fraction of sp³-hybridized carbons (Fsp3) is 0.588. The van der Waals surface area contributed by atoms with Crippen LogP contribution in [0.25, 0.3) is 0 Å². The van der Waals surface area contributed by atoms with Gasteiger partial charge in [-0.2, -0.15) is 0 Å². The molecule has 0 spiro atoms. The van der Waals surface area contributed by atoms with Crippen molar-refractivity contribution in [1.82, 2.24) is 15.2 Å². The Morgan fingerprint density at radius 2 is 2.35 bits per heavy atom. The van der Waals surface area contributed by atoms with Crippen LogP contribution < -0.4 is 5.32 Å². The molecular weight excluding hydrogens is 294 g/mol. The van der Waals surface area contributed by atoms with Gasteiger partial charge in [0.05, 0.1) is 12.5 Å². The Labute approximate surface area is 137 Å². The maximum Gasteiger partial charge on any atom is 0.224 e. The lowest BCUT2D eigenvalue weighted by Crippen LogP contribution is -2.46. The molecule has 1 aliphatic heterocycles. The number of ether oxygens (including phenoxy) is 1. The number of piperidine rings is 1. The molecular formula is C17H25N3O3. The van der Waals surface area contributed by atoms with E-state index in [0.717, 1.165) is 18.5 Å². The second kappa shape index (κ2) is 9.25. The van der Waals surface area contributed by atoms with Gasteiger partial charge in [-0.25, -0.2) is 0 Å². The SMILES string of the molecule is COCCN1CC(C(=O)NCCCc2ccccn2)CCC1=O. The molecule has 1 N–H and O–H groups in total. The molecule has 1 aromatic heterocycles. The molecule has 2 rings (SSSR count). The van der Waals surface area contributed by atoms with Gasteiger partial charge in [-0.15, -0.1) is 0 Å². The van der Waals surface area contributed by atoms with Gasteiger partial charge in [-0.3, -0.25) is 14.6 Å². The number of nitrogens with one attached hydrogen (secondary N) is 1. The molecule has 6 nitrogen and oxygen atoms in total. The minimum atomic E-state index is -0.112. The van der Waals surface area contributed by atoms with Gasteiger partial charge >= 0.3 is 0 Å². The molecule has 1 aliphatic rings. The average molecular weight is 319 g/mol. The number of pyridine rings is 1. The van der Waals surface area contributed by atoms with Crippen molar-refractivity contribution in [2.24, 2.45) is 5.92 Å². The van der Waals surface area contributed by atoms with Crippen molar-refractivity contribution in [2.75, 3.05) is 33.4 Å². The summed E-state index contributed by atoms with van der Waals surface area (Å²) in [5.41, 5.74) is 1.04. The number of carbonyl (C=O) groups excluding carboxylic acids is 2. The van der Waals surface area contributed by atoms with Crippen LogP contribution in [0.3, 0.4) is 0 Å². The number of nitrogens with zero attached hydrogens (tertiary/aromatic N) is 2. The fourth-order valence-corrected chi connectivity index (χ4v) is 2.72. The average Bonchev–Trinajstić information content (AvgIpc) is 2.58. The lowest BCUT2D eigenvalue weighted by atomic mass is 9.96. The van der Waals surface area contributed by atoms with Crippen LogP contribution in [0.5, 0.6) is 0 Å². The highest BCUT2D eigenvalue weighted by molar-refractivity contribution is 5.83. The number of aromatic nitrogens is 1. The number of likely N-dealkylation sites (tertiary alicyclic amines) is 1. The van der Waals surface area contributed by atoms with Crippen LogP contribution in [0, 0.1) is 5.92 Å². The Hall–Kier alpha value is -1.95. The second-order valence-electron chi connectivity index (χ2n) is 5.78. The first kappa shape index (κ1) is 17.4. The predicted molar refractivity (Wildman–Crippen MR) is 86.7 cm³/mol. The molecule has 23 heavy (non-hydrogen) atoms. The lowest BCUT2D eigenvalue weighted by Gasteiger charge is -2.31. The maximum absolute atomic E-state index is 12.2. The van der Waals surface area contributed by atoms with Crippen molar-refractivity contribution in [3.8, 4) is 0 Å². The van der Waals surface area contributed by atoms with Gasteiger partial charge in [0.1, 0.15) is 0 Å². The number of hydrogen-bond donors (Lipinski definition) is 1. The van der Waals surface area contributed by atoms with Crippen LogP contribution in [0.15, 0.2) is 24.4 Å². The third-order valence-corrected chi connectivity index (χ3v) is 4.07. The standard InChI is InChI=1S/C17H25N3O3/c1-23-12-11-20-13-14(7-8-16(20)21)17(22)19-10-4-6-15-5-2-3-9-18-15/h2-3,5,9,14H,4,6-8,10-13H2,1H3,(H,19,22). The van der Waals surface area contributed by atoms with E-state index in [9.17, 15) is 9.59 Å². The topological polar surface area (TPSA) is 71.5 Å². The Morgan fingerprint density at radius 1 is 1.48 bits per heavy atom. The van der Waals surface area contributed by atoms with E-state index in [1.807, 2.05) is 18.2 Å². The number of aryl methyl sites for hydroxylation is 1. The normalized spacial score (nSPS) is 18.0. The molecule has 1 fully saturated rings. The highest BCUT2D eigenvalue weighted by Gasteiger charge is 2.29. The molecule has 1 saturated heterocycles. The summed E-state index contributed by atoms with van der Waals surface area (Å²) in [6.45, 7) is 2.19. The number of carbonyl (C=O) groups is 2. The van der Waals surface area contributed by atoms with Crippen molar-refractivity contribution in [1.29, 1.82) is 0 Å². The van der Waals surface area contributed by atoms with Crippen LogP contribution in [0.1, 0.15) is 25.0 Å². The Kier molecular flexibility index (Phi) is 7.00. The minimum Gasteiger partial charge on any atom is -0.383 e. The molecule has 1 unspecified atom stereocenters. The highest BCUT2D eigenvalue weighted by Crippen LogP contribution is 2.17. The molecule has 0 saturated carbocycles. The zero-order valence-corrected chi connectivity index (χ0v) is 13.7. The van der Waals surface area contributed by atoms with Gasteiger partial charge in [0.15, 0.2) is 0 Å². The van der Waals surface area contributed by atoms with Gasteiger partial charge in [-0.05, 0) is 31.4 Å². The van der Waals surface area contributed by atoms with Crippen molar-refractivity contribution >= 4 is 11.8 Å². The summed E-state index contributed by atoms with van der Waals surface area (Å²) in [5.74, 6) is 0.0431. The first-order valence-electron chi connectivity index (χ1n) is 8.15. The Morgan fingerprint density at radius 3 is 3.09 bits per heavy atom. The molecule has 0 aromatic carbocycles. The maximum atomic E-state index is 12.2. The molecule has 1 atom stereocenters. The smallest absolute Gasteiger partial charge is 0.224 e. The Balaban J connectivity index is 1.69. The summed E-state index contributed by atoms with van der Waals surface area (Å²) < 4.78 is 5.01. The molecule has 0 radical (unpaired) electrons. The van der Waals surface area contributed by atoms with Gasteiger partial charge in [-0.1, -0.05) is 6.07 Å². The van der Waals surface area contributed by atoms with Crippen LogP contribution in [0.4, 0.5) is 0 Å². The van der Waals surface area contributed by atoms with E-state index < -0.39 is 0 Å². The summed E-state index contributed by atoms with van der Waals surface area (Å²) in [4.78, 5) is 30.0. The summed E-state index contributed by atoms with van der Waals surface area (Å²) in [6, 6.07) is 5.85. The van der Waals surface area contributed by atoms with Gasteiger partial charge in [0.2, 0.25) is 11.8 Å². The van der Waals surface area contributed by atoms with E-state index in [0.29, 0.717) is 39.1 Å². The molecule has 2 heterocycles. The van der Waals surface area contributed by atoms with Crippen LogP contribution in [-0.2, 0) is 20.7 Å². The fourth-order valence-electron chi connectivity index (χ4n) is 2.72. The first-order valence-corrected chi connectivity index (χ1v) is 8.15.